The molecule has 1 aliphatic heterocycles. The fraction of sp³-hybridized carbons (Fsp3) is 0.636. The number of nitrogens with zero attached hydrogens (tertiary/aromatic N) is 3. The predicted octanol–water partition coefficient (Wildman–Crippen LogP) is 3.39. The van der Waals surface area contributed by atoms with E-state index < -0.39 is 12.0 Å². The molecule has 0 amide bonds. The SMILES string of the molecule is CC1(C)CCN(c2cc(Cl)nc(C(F)(F)F)n2)C1. The molecule has 0 aromatic carbocycles. The Morgan fingerprint density at radius 3 is 2.50 bits per heavy atom. The van der Waals surface area contributed by atoms with Crippen LogP contribution < -0.4 is 4.90 Å². The zero-order valence-corrected chi connectivity index (χ0v) is 10.8. The first kappa shape index (κ1) is 13.4. The predicted molar refractivity (Wildman–Crippen MR) is 62.7 cm³/mol. The van der Waals surface area contributed by atoms with E-state index in [-0.39, 0.29) is 16.4 Å². The van der Waals surface area contributed by atoms with Gasteiger partial charge in [0.25, 0.3) is 0 Å². The molecule has 100 valence electrons. The van der Waals surface area contributed by atoms with Crippen molar-refractivity contribution in [3.8, 4) is 0 Å². The Morgan fingerprint density at radius 2 is 2.00 bits per heavy atom. The van der Waals surface area contributed by atoms with E-state index in [0.717, 1.165) is 6.42 Å². The Labute approximate surface area is 108 Å². The third kappa shape index (κ3) is 2.85. The molecular formula is C11H13ClF3N3. The van der Waals surface area contributed by atoms with Crippen molar-refractivity contribution in [1.29, 1.82) is 0 Å². The fourth-order valence-electron chi connectivity index (χ4n) is 2.00. The number of hydrogen-bond donors (Lipinski definition) is 0. The maximum absolute atomic E-state index is 12.6. The van der Waals surface area contributed by atoms with Crippen LogP contribution in [0, 0.1) is 5.41 Å². The fourth-order valence-corrected chi connectivity index (χ4v) is 2.18. The van der Waals surface area contributed by atoms with Gasteiger partial charge in [0.2, 0.25) is 5.82 Å². The van der Waals surface area contributed by atoms with Gasteiger partial charge in [-0.25, -0.2) is 9.97 Å². The quantitative estimate of drug-likeness (QED) is 0.738. The van der Waals surface area contributed by atoms with Crippen LogP contribution in [0.5, 0.6) is 0 Å². The van der Waals surface area contributed by atoms with Crippen LogP contribution in [0.2, 0.25) is 5.15 Å². The largest absolute Gasteiger partial charge is 0.451 e. The summed E-state index contributed by atoms with van der Waals surface area (Å²) < 4.78 is 37.8. The zero-order chi connectivity index (χ0) is 13.6. The zero-order valence-electron chi connectivity index (χ0n) is 10.1. The van der Waals surface area contributed by atoms with Crippen molar-refractivity contribution in [1.82, 2.24) is 9.97 Å². The molecule has 1 aromatic rings. The average Bonchev–Trinajstić information content (AvgIpc) is 2.56. The molecule has 7 heteroatoms. The number of aromatic nitrogens is 2. The van der Waals surface area contributed by atoms with Gasteiger partial charge < -0.3 is 4.90 Å². The van der Waals surface area contributed by atoms with E-state index in [2.05, 4.69) is 23.8 Å². The minimum atomic E-state index is -4.57. The molecule has 2 rings (SSSR count). The first-order valence-electron chi connectivity index (χ1n) is 5.54. The van der Waals surface area contributed by atoms with Gasteiger partial charge >= 0.3 is 6.18 Å². The van der Waals surface area contributed by atoms with Crippen molar-refractivity contribution in [2.75, 3.05) is 18.0 Å². The molecule has 1 saturated heterocycles. The van der Waals surface area contributed by atoms with E-state index in [9.17, 15) is 13.2 Å². The Hall–Kier alpha value is -1.04. The van der Waals surface area contributed by atoms with E-state index >= 15 is 0 Å². The molecule has 18 heavy (non-hydrogen) atoms. The van der Waals surface area contributed by atoms with E-state index in [0.29, 0.717) is 13.1 Å². The highest BCUT2D eigenvalue weighted by Crippen LogP contribution is 2.34. The normalized spacial score (nSPS) is 19.3. The third-order valence-electron chi connectivity index (χ3n) is 2.94. The first-order chi connectivity index (χ1) is 8.17. The van der Waals surface area contributed by atoms with Crippen LogP contribution in [0.1, 0.15) is 26.1 Å². The molecule has 0 spiro atoms. The molecule has 0 aliphatic carbocycles. The lowest BCUT2D eigenvalue weighted by Crippen LogP contribution is -2.25. The highest BCUT2D eigenvalue weighted by Gasteiger charge is 2.37. The van der Waals surface area contributed by atoms with E-state index in [4.69, 9.17) is 11.6 Å². The highest BCUT2D eigenvalue weighted by atomic mass is 35.5. The van der Waals surface area contributed by atoms with Crippen LogP contribution in [-0.2, 0) is 6.18 Å². The number of halogens is 4. The molecule has 1 aliphatic rings. The van der Waals surface area contributed by atoms with Crippen molar-refractivity contribution in [3.63, 3.8) is 0 Å². The van der Waals surface area contributed by atoms with Gasteiger partial charge in [-0.1, -0.05) is 25.4 Å². The summed E-state index contributed by atoms with van der Waals surface area (Å²) in [5.74, 6) is -0.942. The molecule has 1 aromatic heterocycles. The highest BCUT2D eigenvalue weighted by molar-refractivity contribution is 6.29. The molecular weight excluding hydrogens is 267 g/mol. The summed E-state index contributed by atoms with van der Waals surface area (Å²) in [6.07, 6.45) is -3.66. The van der Waals surface area contributed by atoms with Gasteiger partial charge in [0.1, 0.15) is 11.0 Å². The van der Waals surface area contributed by atoms with Gasteiger partial charge in [-0.05, 0) is 11.8 Å². The monoisotopic (exact) mass is 279 g/mol. The summed E-state index contributed by atoms with van der Waals surface area (Å²) in [7, 11) is 0. The van der Waals surface area contributed by atoms with Crippen molar-refractivity contribution < 1.29 is 13.2 Å². The lowest BCUT2D eigenvalue weighted by atomic mass is 9.93. The summed E-state index contributed by atoms with van der Waals surface area (Å²) in [5.41, 5.74) is 0.0792. The molecule has 0 unspecified atom stereocenters. The second-order valence-electron chi connectivity index (χ2n) is 5.21. The maximum Gasteiger partial charge on any atom is 0.451 e. The topological polar surface area (TPSA) is 29.0 Å². The van der Waals surface area contributed by atoms with Crippen LogP contribution in [0.3, 0.4) is 0 Å². The summed E-state index contributed by atoms with van der Waals surface area (Å²) in [4.78, 5) is 8.58. The summed E-state index contributed by atoms with van der Waals surface area (Å²) >= 11 is 5.63. The van der Waals surface area contributed by atoms with Gasteiger partial charge in [-0.2, -0.15) is 13.2 Å². The number of hydrogen-bond acceptors (Lipinski definition) is 3. The van der Waals surface area contributed by atoms with Crippen LogP contribution in [0.15, 0.2) is 6.07 Å². The minimum Gasteiger partial charge on any atom is -0.356 e. The Bertz CT molecular complexity index is 459. The molecule has 0 N–H and O–H groups in total. The van der Waals surface area contributed by atoms with Gasteiger partial charge in [-0.15, -0.1) is 0 Å². The Morgan fingerprint density at radius 1 is 1.33 bits per heavy atom. The van der Waals surface area contributed by atoms with Crippen LogP contribution >= 0.6 is 11.6 Å². The van der Waals surface area contributed by atoms with Crippen LogP contribution in [0.4, 0.5) is 19.0 Å². The number of alkyl halides is 3. The van der Waals surface area contributed by atoms with Crippen molar-refractivity contribution in [3.05, 3.63) is 17.0 Å². The van der Waals surface area contributed by atoms with E-state index in [1.165, 1.54) is 6.07 Å². The molecule has 3 nitrogen and oxygen atoms in total. The molecule has 0 bridgehead atoms. The Kier molecular flexibility index (Phi) is 3.17. The summed E-state index contributed by atoms with van der Waals surface area (Å²) in [5, 5.41) is -0.183. The van der Waals surface area contributed by atoms with Crippen LogP contribution in [-0.4, -0.2) is 23.1 Å². The Balaban J connectivity index is 2.32. The van der Waals surface area contributed by atoms with Crippen LogP contribution in [0.25, 0.3) is 0 Å². The maximum atomic E-state index is 12.6. The lowest BCUT2D eigenvalue weighted by molar-refractivity contribution is -0.144. The van der Waals surface area contributed by atoms with E-state index in [1.807, 2.05) is 4.90 Å². The average molecular weight is 280 g/mol. The van der Waals surface area contributed by atoms with Gasteiger partial charge in [-0.3, -0.25) is 0 Å². The van der Waals surface area contributed by atoms with Crippen molar-refractivity contribution in [2.45, 2.75) is 26.4 Å². The van der Waals surface area contributed by atoms with Crippen molar-refractivity contribution in [2.24, 2.45) is 5.41 Å². The minimum absolute atomic E-state index is 0.0792. The number of anilines is 1. The van der Waals surface area contributed by atoms with Crippen molar-refractivity contribution >= 4 is 17.4 Å². The third-order valence-corrected chi connectivity index (χ3v) is 3.13. The van der Waals surface area contributed by atoms with Gasteiger partial charge in [0.05, 0.1) is 0 Å². The molecule has 0 saturated carbocycles. The number of rotatable bonds is 1. The first-order valence-corrected chi connectivity index (χ1v) is 5.92. The molecule has 0 atom stereocenters. The lowest BCUT2D eigenvalue weighted by Gasteiger charge is -2.21. The molecule has 2 heterocycles. The van der Waals surface area contributed by atoms with E-state index in [1.54, 1.807) is 0 Å². The second kappa shape index (κ2) is 4.26. The standard InChI is InChI=1S/C11H13ClF3N3/c1-10(2)3-4-18(6-10)8-5-7(12)16-9(17-8)11(13,14)15/h5H,3-4,6H2,1-2H3. The summed E-state index contributed by atoms with van der Waals surface area (Å²) in [6.45, 7) is 5.48. The second-order valence-corrected chi connectivity index (χ2v) is 5.59. The van der Waals surface area contributed by atoms with Gasteiger partial charge in [0.15, 0.2) is 0 Å². The van der Waals surface area contributed by atoms with Gasteiger partial charge in [0, 0.05) is 19.2 Å². The molecule has 1 fully saturated rings. The smallest absolute Gasteiger partial charge is 0.356 e. The molecule has 0 radical (unpaired) electrons. The summed E-state index contributed by atoms with van der Waals surface area (Å²) in [6, 6.07) is 1.37.